The van der Waals surface area contributed by atoms with Crippen LogP contribution in [0.5, 0.6) is 0 Å². The highest BCUT2D eigenvalue weighted by atomic mass is 32.2. The molecule has 6 nitrogen and oxygen atoms in total. The predicted molar refractivity (Wildman–Crippen MR) is 76.4 cm³/mol. The number of carboxylic acids is 1. The Morgan fingerprint density at radius 3 is 2.90 bits per heavy atom. The molecule has 4 N–H and O–H groups in total. The number of Topliss-reactive ketones (excluding diaryl/α,β-unsaturated/α-hetero) is 1. The molecule has 20 heavy (non-hydrogen) atoms. The van der Waals surface area contributed by atoms with E-state index in [9.17, 15) is 19.8 Å². The normalized spacial score (nSPS) is 30.5. The molecule has 0 saturated heterocycles. The second kappa shape index (κ2) is 5.97. The molecule has 0 unspecified atom stereocenters. The first-order valence-electron chi connectivity index (χ1n) is 6.50. The van der Waals surface area contributed by atoms with E-state index in [-0.39, 0.29) is 17.3 Å². The Kier molecular flexibility index (Phi) is 4.49. The summed E-state index contributed by atoms with van der Waals surface area (Å²) in [5, 5.41) is 18.9. The number of rotatable bonds is 6. The van der Waals surface area contributed by atoms with Gasteiger partial charge in [0.1, 0.15) is 5.78 Å². The molecule has 2 rings (SSSR count). The molecule has 4 atom stereocenters. The van der Waals surface area contributed by atoms with E-state index in [1.54, 1.807) is 6.92 Å². The molecule has 1 saturated carbocycles. The maximum absolute atomic E-state index is 12.0. The Balaban J connectivity index is 2.11. The molecule has 2 aliphatic rings. The van der Waals surface area contributed by atoms with Crippen LogP contribution in [-0.2, 0) is 9.59 Å². The molecule has 0 amide bonds. The number of aliphatic hydroxyl groups is 1. The molecule has 7 heteroatoms. The predicted octanol–water partition coefficient (Wildman–Crippen LogP) is 0.261. The van der Waals surface area contributed by atoms with Crippen molar-refractivity contribution < 1.29 is 19.8 Å². The van der Waals surface area contributed by atoms with Crippen LogP contribution in [0.3, 0.4) is 0 Å². The third-order valence-electron chi connectivity index (χ3n) is 3.91. The maximum Gasteiger partial charge on any atom is 0.333 e. The lowest BCUT2D eigenvalue weighted by Crippen LogP contribution is -2.51. The Bertz CT molecular complexity index is 487. The average Bonchev–Trinajstić information content (AvgIpc) is 2.69. The minimum atomic E-state index is -1.03. The number of fused-ring (bicyclic) bond motifs is 1. The van der Waals surface area contributed by atoms with Gasteiger partial charge in [0.2, 0.25) is 0 Å². The lowest BCUT2D eigenvalue weighted by molar-refractivity contribution is -0.149. The fourth-order valence-electron chi connectivity index (χ4n) is 3.10. The minimum absolute atomic E-state index is 0.0610. The summed E-state index contributed by atoms with van der Waals surface area (Å²) in [7, 11) is 0. The van der Waals surface area contributed by atoms with Gasteiger partial charge in [-0.1, -0.05) is 0 Å². The zero-order chi connectivity index (χ0) is 14.9. The van der Waals surface area contributed by atoms with Crippen LogP contribution < -0.4 is 5.73 Å². The van der Waals surface area contributed by atoms with Crippen LogP contribution >= 0.6 is 11.8 Å². The standard InChI is InChI=1S/C13H18N2O4S/c1-6(16)9-7-4-8(20-3-2-15-5-14)11(13(18)19)10(7)12(9)17/h5-7,9-10,16H,2-4H2,1H3,(H2,14,15)(H,18,19)/t6-,7+,9-,10-/m0/s1. The van der Waals surface area contributed by atoms with E-state index in [1.165, 1.54) is 18.1 Å². The lowest BCUT2D eigenvalue weighted by atomic mass is 9.61. The quantitative estimate of drug-likeness (QED) is 0.368. The number of hydrogen-bond donors (Lipinski definition) is 3. The molecule has 0 aromatic carbocycles. The molecular weight excluding hydrogens is 280 g/mol. The van der Waals surface area contributed by atoms with Gasteiger partial charge in [0.15, 0.2) is 0 Å². The largest absolute Gasteiger partial charge is 0.478 e. The number of ketones is 1. The molecule has 1 fully saturated rings. The number of carboxylic acid groups (broad SMARTS) is 1. The number of aliphatic hydroxyl groups excluding tert-OH is 1. The fraction of sp³-hybridized carbons (Fsp3) is 0.615. The third kappa shape index (κ3) is 2.47. The smallest absolute Gasteiger partial charge is 0.333 e. The number of carbonyl (C=O) groups excluding carboxylic acids is 1. The SMILES string of the molecule is C[C@H](O)[C@@H]1C(=O)[C@@H]2C(C(=O)O)=C(SCCN=CN)C[C@@H]21. The highest BCUT2D eigenvalue weighted by Crippen LogP contribution is 2.54. The summed E-state index contributed by atoms with van der Waals surface area (Å²) in [5.41, 5.74) is 5.36. The molecule has 2 aliphatic carbocycles. The second-order valence-electron chi connectivity index (χ2n) is 5.06. The van der Waals surface area contributed by atoms with Crippen LogP contribution in [0, 0.1) is 17.8 Å². The summed E-state index contributed by atoms with van der Waals surface area (Å²) in [4.78, 5) is 28.0. The zero-order valence-electron chi connectivity index (χ0n) is 11.2. The van der Waals surface area contributed by atoms with Crippen molar-refractivity contribution in [2.24, 2.45) is 28.5 Å². The van der Waals surface area contributed by atoms with Crippen molar-refractivity contribution in [3.05, 3.63) is 10.5 Å². The van der Waals surface area contributed by atoms with Crippen molar-refractivity contribution in [2.45, 2.75) is 19.4 Å². The van der Waals surface area contributed by atoms with Crippen molar-refractivity contribution in [3.8, 4) is 0 Å². The monoisotopic (exact) mass is 298 g/mol. The lowest BCUT2D eigenvalue weighted by Gasteiger charge is -2.41. The number of allylic oxidation sites excluding steroid dienone is 1. The first kappa shape index (κ1) is 15.1. The molecule has 0 heterocycles. The van der Waals surface area contributed by atoms with Gasteiger partial charge in [-0.25, -0.2) is 4.79 Å². The van der Waals surface area contributed by atoms with E-state index in [0.717, 1.165) is 4.91 Å². The minimum Gasteiger partial charge on any atom is -0.478 e. The van der Waals surface area contributed by atoms with Crippen LogP contribution in [0.25, 0.3) is 0 Å². The molecule has 0 aliphatic heterocycles. The van der Waals surface area contributed by atoms with E-state index < -0.39 is 23.9 Å². The van der Waals surface area contributed by atoms with Crippen molar-refractivity contribution in [1.82, 2.24) is 0 Å². The highest BCUT2D eigenvalue weighted by Gasteiger charge is 2.58. The molecular formula is C13H18N2O4S. The third-order valence-corrected chi connectivity index (χ3v) is 5.03. The van der Waals surface area contributed by atoms with E-state index in [0.29, 0.717) is 18.7 Å². The Morgan fingerprint density at radius 1 is 1.65 bits per heavy atom. The maximum atomic E-state index is 12.0. The van der Waals surface area contributed by atoms with Gasteiger partial charge < -0.3 is 15.9 Å². The summed E-state index contributed by atoms with van der Waals surface area (Å²) in [6.45, 7) is 2.10. The van der Waals surface area contributed by atoms with Gasteiger partial charge in [0.05, 0.1) is 30.5 Å². The van der Waals surface area contributed by atoms with Crippen LogP contribution in [-0.4, -0.2) is 46.7 Å². The van der Waals surface area contributed by atoms with Crippen molar-refractivity contribution >= 4 is 29.9 Å². The number of carbonyl (C=O) groups is 2. The number of aliphatic imine (C=N–C) groups is 1. The average molecular weight is 298 g/mol. The first-order valence-corrected chi connectivity index (χ1v) is 7.48. The molecule has 0 bridgehead atoms. The van der Waals surface area contributed by atoms with Gasteiger partial charge >= 0.3 is 5.97 Å². The van der Waals surface area contributed by atoms with Crippen LogP contribution in [0.4, 0.5) is 0 Å². The van der Waals surface area contributed by atoms with E-state index in [4.69, 9.17) is 5.73 Å². The number of nitrogens with two attached hydrogens (primary N) is 1. The van der Waals surface area contributed by atoms with Gasteiger partial charge in [0.25, 0.3) is 0 Å². The van der Waals surface area contributed by atoms with Crippen molar-refractivity contribution in [3.63, 3.8) is 0 Å². The van der Waals surface area contributed by atoms with Gasteiger partial charge in [-0.15, -0.1) is 11.8 Å². The first-order chi connectivity index (χ1) is 9.49. The van der Waals surface area contributed by atoms with Crippen LogP contribution in [0.15, 0.2) is 15.5 Å². The fourth-order valence-corrected chi connectivity index (χ4v) is 4.22. The van der Waals surface area contributed by atoms with E-state index in [2.05, 4.69) is 4.99 Å². The van der Waals surface area contributed by atoms with Crippen LogP contribution in [0.1, 0.15) is 13.3 Å². The topological polar surface area (TPSA) is 113 Å². The summed E-state index contributed by atoms with van der Waals surface area (Å²) < 4.78 is 0. The van der Waals surface area contributed by atoms with Crippen LogP contribution in [0.2, 0.25) is 0 Å². The molecule has 110 valence electrons. The van der Waals surface area contributed by atoms with E-state index >= 15 is 0 Å². The molecule has 0 radical (unpaired) electrons. The number of thioether (sulfide) groups is 1. The summed E-state index contributed by atoms with van der Waals surface area (Å²) in [6, 6.07) is 0. The molecule has 0 spiro atoms. The van der Waals surface area contributed by atoms with Gasteiger partial charge in [-0.2, -0.15) is 0 Å². The van der Waals surface area contributed by atoms with Crippen molar-refractivity contribution in [1.29, 1.82) is 0 Å². The van der Waals surface area contributed by atoms with Gasteiger partial charge in [0, 0.05) is 11.7 Å². The Morgan fingerprint density at radius 2 is 2.35 bits per heavy atom. The summed E-state index contributed by atoms with van der Waals surface area (Å²) >= 11 is 1.42. The number of aliphatic carboxylic acids is 1. The Hall–Kier alpha value is -1.34. The van der Waals surface area contributed by atoms with Crippen molar-refractivity contribution in [2.75, 3.05) is 12.3 Å². The van der Waals surface area contributed by atoms with E-state index in [1.807, 2.05) is 0 Å². The summed E-state index contributed by atoms with van der Waals surface area (Å²) in [5.74, 6) is -1.55. The molecule has 0 aromatic heterocycles. The highest BCUT2D eigenvalue weighted by molar-refractivity contribution is 8.03. The number of hydrogen-bond acceptors (Lipinski definition) is 5. The summed E-state index contributed by atoms with van der Waals surface area (Å²) in [6.07, 6.45) is 1.06. The number of nitrogens with zero attached hydrogens (tertiary/aromatic N) is 1. The Labute approximate surface area is 121 Å². The zero-order valence-corrected chi connectivity index (χ0v) is 12.0. The van der Waals surface area contributed by atoms with Gasteiger partial charge in [-0.3, -0.25) is 9.79 Å². The molecule has 0 aromatic rings. The van der Waals surface area contributed by atoms with Gasteiger partial charge in [-0.05, 0) is 24.2 Å². The second-order valence-corrected chi connectivity index (χ2v) is 6.25.